The summed E-state index contributed by atoms with van der Waals surface area (Å²) >= 11 is 0. The van der Waals surface area contributed by atoms with E-state index in [4.69, 9.17) is 49.4 Å². The molecule has 0 aromatic heterocycles. The average Bonchev–Trinajstić information content (AvgIpc) is 3.23. The largest absolute Gasteiger partial charge is 0.394 e. The van der Waals surface area contributed by atoms with Gasteiger partial charge in [-0.25, -0.2) is 42.1 Å². The minimum absolute atomic E-state index is 0.00789. The van der Waals surface area contributed by atoms with Gasteiger partial charge in [-0.2, -0.15) is 0 Å². The molecule has 0 saturated heterocycles. The zero-order valence-corrected chi connectivity index (χ0v) is 41.5. The molecule has 0 spiro atoms. The molecule has 0 heterocycles. The molecule has 0 rings (SSSR count). The summed E-state index contributed by atoms with van der Waals surface area (Å²) in [6, 6.07) is 0.258. The molecule has 21 nitrogen and oxygen atoms in total. The molecule has 0 aliphatic heterocycles. The second-order valence-electron chi connectivity index (χ2n) is 13.0. The van der Waals surface area contributed by atoms with Crippen molar-refractivity contribution < 1.29 is 85.1 Å². The molecular formula is C38H74N2O19S5. The van der Waals surface area contributed by atoms with Crippen LogP contribution in [0.3, 0.4) is 0 Å². The van der Waals surface area contributed by atoms with Crippen molar-refractivity contribution in [2.75, 3.05) is 172 Å². The van der Waals surface area contributed by atoms with Crippen LogP contribution < -0.4 is 10.6 Å². The van der Waals surface area contributed by atoms with Gasteiger partial charge >= 0.3 is 0 Å². The fourth-order valence-electron chi connectivity index (χ4n) is 3.71. The highest BCUT2D eigenvalue weighted by Crippen LogP contribution is 1.95. The number of sulfone groups is 5. The number of aliphatic hydroxyl groups excluding tert-OH is 1. The molecule has 3 N–H and O–H groups in total. The van der Waals surface area contributed by atoms with E-state index in [2.05, 4.69) is 36.3 Å². The highest BCUT2D eigenvalue weighted by Gasteiger charge is 2.12. The Kier molecular flexibility index (Phi) is 44.0. The minimum Gasteiger partial charge on any atom is -0.394 e. The van der Waals surface area contributed by atoms with Crippen LogP contribution in [0.5, 0.6) is 0 Å². The molecule has 0 aliphatic carbocycles. The van der Waals surface area contributed by atoms with Crippen LogP contribution in [-0.4, -0.2) is 225 Å². The molecule has 0 aromatic carbocycles. The molecule has 26 heteroatoms. The van der Waals surface area contributed by atoms with Gasteiger partial charge in [0.25, 0.3) is 0 Å². The zero-order valence-electron chi connectivity index (χ0n) is 37.4. The maximum atomic E-state index is 11.7. The normalized spacial score (nSPS) is 12.1. The van der Waals surface area contributed by atoms with Gasteiger partial charge in [-0.05, 0) is 0 Å². The number of hydrogen-bond donors (Lipinski definition) is 3. The molecule has 0 aliphatic rings. The van der Waals surface area contributed by atoms with Crippen LogP contribution in [0.2, 0.25) is 0 Å². The average molecular weight is 1020 g/mol. The summed E-state index contributed by atoms with van der Waals surface area (Å²) in [6.45, 7) is 18.7. The Morgan fingerprint density at radius 3 is 1.03 bits per heavy atom. The van der Waals surface area contributed by atoms with Crippen LogP contribution in [0, 0.1) is 12.3 Å². The number of rotatable bonds is 43. The molecule has 0 aromatic rings. The Bertz CT molecular complexity index is 1770. The molecule has 0 unspecified atom stereocenters. The van der Waals surface area contributed by atoms with E-state index in [1.54, 1.807) is 0 Å². The highest BCUT2D eigenvalue weighted by atomic mass is 32.2. The Morgan fingerprint density at radius 1 is 0.469 bits per heavy atom. The van der Waals surface area contributed by atoms with E-state index in [-0.39, 0.29) is 112 Å². The molecule has 0 radical (unpaired) electrons. The van der Waals surface area contributed by atoms with Gasteiger partial charge in [0.2, 0.25) is 0 Å². The van der Waals surface area contributed by atoms with E-state index in [0.29, 0.717) is 65.9 Å². The lowest BCUT2D eigenvalue weighted by atomic mass is 10.4. The predicted octanol–water partition coefficient (Wildman–Crippen LogP) is -1.19. The molecule has 0 fully saturated rings. The minimum atomic E-state index is -3.25. The maximum Gasteiger partial charge on any atom is 0.173 e. The summed E-state index contributed by atoms with van der Waals surface area (Å²) < 4.78 is 154. The Labute approximate surface area is 383 Å². The fraction of sp³-hybridized carbons (Fsp3) is 0.789. The number of ether oxygens (including phenoxy) is 8. The number of nitrogens with one attached hydrogen (secondary N) is 2. The Hall–Kier alpha value is -1.91. The molecule has 0 amide bonds. The van der Waals surface area contributed by atoms with Crippen molar-refractivity contribution in [1.82, 2.24) is 10.6 Å². The van der Waals surface area contributed by atoms with E-state index in [0.717, 1.165) is 16.2 Å². The summed E-state index contributed by atoms with van der Waals surface area (Å²) in [5.74, 6) is 2.04. The SMILES string of the molecule is C#CCNCCS(=O)(=O)CCOCCOCCS(=O)(=O)C=C.C=CS(=O)(=O)CCOCCOCCOCCOCCO.C=CS(=O)(=O)CCOCCOCCS(=O)(=O)CCNC(C)C. The second-order valence-corrected chi connectivity index (χ2v) is 23.8. The van der Waals surface area contributed by atoms with Crippen LogP contribution in [0.25, 0.3) is 0 Å². The van der Waals surface area contributed by atoms with Gasteiger partial charge in [-0.1, -0.05) is 39.5 Å². The quantitative estimate of drug-likeness (QED) is 0.0478. The van der Waals surface area contributed by atoms with Crippen LogP contribution in [-0.2, 0) is 87.1 Å². The monoisotopic (exact) mass is 1020 g/mol. The van der Waals surface area contributed by atoms with Crippen LogP contribution >= 0.6 is 0 Å². The zero-order chi connectivity index (χ0) is 49.1. The lowest BCUT2D eigenvalue weighted by Crippen LogP contribution is -2.30. The van der Waals surface area contributed by atoms with Gasteiger partial charge in [0.05, 0.1) is 159 Å². The van der Waals surface area contributed by atoms with Crippen molar-refractivity contribution in [2.45, 2.75) is 19.9 Å². The smallest absolute Gasteiger partial charge is 0.173 e. The summed E-state index contributed by atoms with van der Waals surface area (Å²) in [4.78, 5) is 0. The van der Waals surface area contributed by atoms with Crippen LogP contribution in [0.1, 0.15) is 13.8 Å². The van der Waals surface area contributed by atoms with Gasteiger partial charge < -0.3 is 53.6 Å². The molecule has 64 heavy (non-hydrogen) atoms. The van der Waals surface area contributed by atoms with E-state index in [9.17, 15) is 42.1 Å². The number of aliphatic hydroxyl groups is 1. The first kappa shape index (κ1) is 66.4. The first-order valence-corrected chi connectivity index (χ1v) is 29.0. The van der Waals surface area contributed by atoms with Crippen molar-refractivity contribution in [2.24, 2.45) is 0 Å². The molecule has 0 bridgehead atoms. The predicted molar refractivity (Wildman–Crippen MR) is 248 cm³/mol. The van der Waals surface area contributed by atoms with Gasteiger partial charge in [-0.15, -0.1) is 6.42 Å². The molecule has 0 saturated carbocycles. The summed E-state index contributed by atoms with van der Waals surface area (Å²) in [7, 11) is -16.0. The van der Waals surface area contributed by atoms with Crippen LogP contribution in [0.15, 0.2) is 36.0 Å². The van der Waals surface area contributed by atoms with E-state index in [1.807, 2.05) is 13.8 Å². The lowest BCUT2D eigenvalue weighted by molar-refractivity contribution is -0.00423. The van der Waals surface area contributed by atoms with Crippen molar-refractivity contribution in [3.05, 3.63) is 36.0 Å². The number of terminal acetylenes is 1. The van der Waals surface area contributed by atoms with Gasteiger partial charge in [0.15, 0.2) is 49.2 Å². The molecular weight excluding hydrogens is 949 g/mol. The highest BCUT2D eigenvalue weighted by molar-refractivity contribution is 7.94. The van der Waals surface area contributed by atoms with Crippen molar-refractivity contribution in [3.8, 4) is 12.3 Å². The molecule has 0 atom stereocenters. The van der Waals surface area contributed by atoms with Gasteiger partial charge in [0, 0.05) is 35.4 Å². The second kappa shape index (κ2) is 42.4. The van der Waals surface area contributed by atoms with E-state index in [1.165, 1.54) is 0 Å². The van der Waals surface area contributed by atoms with Crippen LogP contribution in [0.4, 0.5) is 0 Å². The van der Waals surface area contributed by atoms with Crippen molar-refractivity contribution in [1.29, 1.82) is 0 Å². The Balaban J connectivity index is -0.000000873. The molecule has 380 valence electrons. The third-order valence-electron chi connectivity index (χ3n) is 7.25. The van der Waals surface area contributed by atoms with Crippen molar-refractivity contribution >= 4 is 49.2 Å². The van der Waals surface area contributed by atoms with E-state index >= 15 is 0 Å². The first-order valence-electron chi connectivity index (χ1n) is 20.2. The maximum absolute atomic E-state index is 11.7. The third kappa shape index (κ3) is 52.7. The Morgan fingerprint density at radius 2 is 0.750 bits per heavy atom. The lowest BCUT2D eigenvalue weighted by Gasteiger charge is -2.09. The summed E-state index contributed by atoms with van der Waals surface area (Å²) in [6.07, 6.45) is 5.03. The fourth-order valence-corrected chi connectivity index (χ4v) is 7.30. The first-order chi connectivity index (χ1) is 30.1. The van der Waals surface area contributed by atoms with Gasteiger partial charge in [-0.3, -0.25) is 0 Å². The summed E-state index contributed by atoms with van der Waals surface area (Å²) in [5, 5.41) is 17.0. The third-order valence-corrected chi connectivity index (χ3v) is 14.2. The van der Waals surface area contributed by atoms with Gasteiger partial charge in [0.1, 0.15) is 0 Å². The summed E-state index contributed by atoms with van der Waals surface area (Å²) in [5.41, 5.74) is 0. The standard InChI is InChI=1S/C13H27NO6S2.C13H23NO6S2.C12H24O7S/c1-4-21(15,16)11-8-19-6-7-20-9-12-22(17,18)10-5-14-13(2)3;1-3-5-14-6-11-22(17,18)13-10-20-8-7-19-9-12-21(15,16)4-2;1-2-20(14,15)12-11-19-10-9-18-8-7-17-6-5-16-4-3-13/h4,13-14H,1,5-12H2,2-3H3;1,4,14H,2,5-13H2;2,13H,1,3-12H2. The van der Waals surface area contributed by atoms with E-state index < -0.39 is 49.2 Å². The number of hydrogen-bond acceptors (Lipinski definition) is 21. The topological polar surface area (TPSA) is 289 Å². The van der Waals surface area contributed by atoms with Crippen molar-refractivity contribution in [3.63, 3.8) is 0 Å².